The van der Waals surface area contributed by atoms with Crippen LogP contribution in [0.4, 0.5) is 10.5 Å². The highest BCUT2D eigenvalue weighted by Crippen LogP contribution is 2.31. The smallest absolute Gasteiger partial charge is 0.322 e. The molecule has 7 heteroatoms. The molecule has 2 aliphatic heterocycles. The standard InChI is InChI=1S/C17H24N4O3/c1-11-9-20(10-12(2)19-11)16(22)13-4-5-15(24-3)14(8-13)21-7-6-18-17(21)23/h4-5,8,11-12,19H,6-7,9-10H2,1-3H3,(H,18,23). The summed E-state index contributed by atoms with van der Waals surface area (Å²) in [5, 5.41) is 6.19. The SMILES string of the molecule is COc1ccc(C(=O)N2CC(C)NC(C)C2)cc1N1CCNC1=O. The summed E-state index contributed by atoms with van der Waals surface area (Å²) in [4.78, 5) is 28.3. The van der Waals surface area contributed by atoms with Gasteiger partial charge in [0, 0.05) is 43.8 Å². The Kier molecular flexibility index (Phi) is 4.62. The number of nitrogens with zero attached hydrogens (tertiary/aromatic N) is 2. The Morgan fingerprint density at radius 2 is 1.96 bits per heavy atom. The molecule has 130 valence electrons. The molecule has 0 spiro atoms. The Bertz CT molecular complexity index is 639. The summed E-state index contributed by atoms with van der Waals surface area (Å²) < 4.78 is 5.36. The molecule has 3 amide bonds. The van der Waals surface area contributed by atoms with E-state index in [0.29, 0.717) is 43.2 Å². The lowest BCUT2D eigenvalue weighted by Gasteiger charge is -2.36. The van der Waals surface area contributed by atoms with Crippen LogP contribution in [0, 0.1) is 0 Å². The highest BCUT2D eigenvalue weighted by Gasteiger charge is 2.28. The number of amides is 3. The van der Waals surface area contributed by atoms with Crippen molar-refractivity contribution in [2.75, 3.05) is 38.2 Å². The summed E-state index contributed by atoms with van der Waals surface area (Å²) in [7, 11) is 1.56. The van der Waals surface area contributed by atoms with Gasteiger partial charge in [0.1, 0.15) is 5.75 Å². The van der Waals surface area contributed by atoms with Crippen molar-refractivity contribution in [2.24, 2.45) is 0 Å². The third-order valence-electron chi connectivity index (χ3n) is 4.42. The second-order valence-electron chi connectivity index (χ2n) is 6.45. The van der Waals surface area contributed by atoms with E-state index in [1.807, 2.05) is 4.90 Å². The van der Waals surface area contributed by atoms with Crippen LogP contribution in [-0.2, 0) is 0 Å². The van der Waals surface area contributed by atoms with Crippen molar-refractivity contribution >= 4 is 17.6 Å². The first-order valence-corrected chi connectivity index (χ1v) is 8.28. The van der Waals surface area contributed by atoms with Crippen molar-refractivity contribution in [1.82, 2.24) is 15.5 Å². The van der Waals surface area contributed by atoms with Gasteiger partial charge in [-0.25, -0.2) is 4.79 Å². The fourth-order valence-corrected chi connectivity index (χ4v) is 3.41. The molecule has 1 aromatic rings. The molecule has 0 radical (unpaired) electrons. The zero-order valence-electron chi connectivity index (χ0n) is 14.3. The number of hydrogen-bond acceptors (Lipinski definition) is 4. The molecule has 0 saturated carbocycles. The fraction of sp³-hybridized carbons (Fsp3) is 0.529. The number of piperazine rings is 1. The summed E-state index contributed by atoms with van der Waals surface area (Å²) in [6.45, 7) is 6.65. The Morgan fingerprint density at radius 1 is 1.25 bits per heavy atom. The summed E-state index contributed by atoms with van der Waals surface area (Å²) in [5.74, 6) is 0.573. The lowest BCUT2D eigenvalue weighted by atomic mass is 10.1. The molecular weight excluding hydrogens is 308 g/mol. The van der Waals surface area contributed by atoms with Crippen molar-refractivity contribution in [3.8, 4) is 5.75 Å². The zero-order valence-corrected chi connectivity index (χ0v) is 14.3. The van der Waals surface area contributed by atoms with Gasteiger partial charge in [0.2, 0.25) is 0 Å². The van der Waals surface area contributed by atoms with Gasteiger partial charge in [0.05, 0.1) is 12.8 Å². The first-order chi connectivity index (χ1) is 11.5. The average Bonchev–Trinajstić information content (AvgIpc) is 2.98. The number of ether oxygens (including phenoxy) is 1. The molecule has 24 heavy (non-hydrogen) atoms. The van der Waals surface area contributed by atoms with E-state index in [4.69, 9.17) is 4.74 Å². The minimum atomic E-state index is -0.165. The summed E-state index contributed by atoms with van der Waals surface area (Å²) in [6, 6.07) is 5.63. The van der Waals surface area contributed by atoms with Crippen LogP contribution >= 0.6 is 0 Å². The number of rotatable bonds is 3. The molecule has 3 rings (SSSR count). The van der Waals surface area contributed by atoms with Crippen LogP contribution in [-0.4, -0.2) is 62.2 Å². The van der Waals surface area contributed by atoms with E-state index in [-0.39, 0.29) is 24.0 Å². The molecule has 2 aliphatic rings. The lowest BCUT2D eigenvalue weighted by Crippen LogP contribution is -2.55. The van der Waals surface area contributed by atoms with Crippen molar-refractivity contribution in [3.63, 3.8) is 0 Å². The van der Waals surface area contributed by atoms with Crippen molar-refractivity contribution < 1.29 is 14.3 Å². The van der Waals surface area contributed by atoms with Crippen LogP contribution in [0.2, 0.25) is 0 Å². The number of methoxy groups -OCH3 is 1. The van der Waals surface area contributed by atoms with Gasteiger partial charge in [-0.05, 0) is 32.0 Å². The van der Waals surface area contributed by atoms with E-state index in [1.165, 1.54) is 0 Å². The monoisotopic (exact) mass is 332 g/mol. The van der Waals surface area contributed by atoms with Crippen LogP contribution in [0.25, 0.3) is 0 Å². The van der Waals surface area contributed by atoms with E-state index in [2.05, 4.69) is 24.5 Å². The highest BCUT2D eigenvalue weighted by atomic mass is 16.5. The van der Waals surface area contributed by atoms with Gasteiger partial charge in [-0.2, -0.15) is 0 Å². The van der Waals surface area contributed by atoms with Crippen LogP contribution < -0.4 is 20.3 Å². The van der Waals surface area contributed by atoms with Crippen LogP contribution in [0.3, 0.4) is 0 Å². The zero-order chi connectivity index (χ0) is 17.3. The van der Waals surface area contributed by atoms with Crippen LogP contribution in [0.5, 0.6) is 5.75 Å². The first-order valence-electron chi connectivity index (χ1n) is 8.28. The molecule has 0 bridgehead atoms. The van der Waals surface area contributed by atoms with E-state index in [0.717, 1.165) is 0 Å². The van der Waals surface area contributed by atoms with E-state index in [1.54, 1.807) is 30.2 Å². The molecule has 0 aliphatic carbocycles. The summed E-state index contributed by atoms with van der Waals surface area (Å²) in [6.07, 6.45) is 0. The average molecular weight is 332 g/mol. The normalized spacial score (nSPS) is 24.0. The molecule has 2 N–H and O–H groups in total. The first kappa shape index (κ1) is 16.6. The van der Waals surface area contributed by atoms with Gasteiger partial charge in [-0.15, -0.1) is 0 Å². The molecule has 1 aromatic carbocycles. The van der Waals surface area contributed by atoms with Crippen molar-refractivity contribution in [3.05, 3.63) is 23.8 Å². The second kappa shape index (κ2) is 6.68. The number of anilines is 1. The predicted molar refractivity (Wildman–Crippen MR) is 91.7 cm³/mol. The summed E-state index contributed by atoms with van der Waals surface area (Å²) >= 11 is 0. The van der Waals surface area contributed by atoms with Crippen molar-refractivity contribution in [1.29, 1.82) is 0 Å². The lowest BCUT2D eigenvalue weighted by molar-refractivity contribution is 0.0674. The van der Waals surface area contributed by atoms with Gasteiger partial charge < -0.3 is 20.3 Å². The van der Waals surface area contributed by atoms with Gasteiger partial charge in [0.15, 0.2) is 0 Å². The molecule has 7 nitrogen and oxygen atoms in total. The number of urea groups is 1. The maximum Gasteiger partial charge on any atom is 0.322 e. The number of nitrogens with one attached hydrogen (secondary N) is 2. The minimum Gasteiger partial charge on any atom is -0.495 e. The number of carbonyl (C=O) groups is 2. The number of hydrogen-bond donors (Lipinski definition) is 2. The largest absolute Gasteiger partial charge is 0.495 e. The Labute approximate surface area is 141 Å². The number of benzene rings is 1. The predicted octanol–water partition coefficient (Wildman–Crippen LogP) is 1.05. The molecule has 2 unspecified atom stereocenters. The fourth-order valence-electron chi connectivity index (χ4n) is 3.41. The van der Waals surface area contributed by atoms with Crippen LogP contribution in [0.15, 0.2) is 18.2 Å². The third kappa shape index (κ3) is 3.17. The van der Waals surface area contributed by atoms with Gasteiger partial charge in [-0.3, -0.25) is 9.69 Å². The van der Waals surface area contributed by atoms with Gasteiger partial charge >= 0.3 is 6.03 Å². The minimum absolute atomic E-state index is 0.0151. The van der Waals surface area contributed by atoms with Gasteiger partial charge in [0.25, 0.3) is 5.91 Å². The van der Waals surface area contributed by atoms with Gasteiger partial charge in [-0.1, -0.05) is 0 Å². The maximum absolute atomic E-state index is 12.9. The van der Waals surface area contributed by atoms with Crippen LogP contribution in [0.1, 0.15) is 24.2 Å². The van der Waals surface area contributed by atoms with Crippen molar-refractivity contribution in [2.45, 2.75) is 25.9 Å². The second-order valence-corrected chi connectivity index (χ2v) is 6.45. The Balaban J connectivity index is 1.88. The molecule has 2 heterocycles. The Morgan fingerprint density at radius 3 is 2.54 bits per heavy atom. The summed E-state index contributed by atoms with van der Waals surface area (Å²) in [5.41, 5.74) is 1.21. The quantitative estimate of drug-likeness (QED) is 0.868. The third-order valence-corrected chi connectivity index (χ3v) is 4.42. The number of carbonyl (C=O) groups excluding carboxylic acids is 2. The van der Waals surface area contributed by atoms with E-state index >= 15 is 0 Å². The topological polar surface area (TPSA) is 73.9 Å². The Hall–Kier alpha value is -2.28. The highest BCUT2D eigenvalue weighted by molar-refractivity contribution is 6.00. The molecule has 0 aromatic heterocycles. The maximum atomic E-state index is 12.9. The molecule has 2 saturated heterocycles. The molecular formula is C17H24N4O3. The van der Waals surface area contributed by atoms with E-state index in [9.17, 15) is 9.59 Å². The van der Waals surface area contributed by atoms with E-state index < -0.39 is 0 Å². The molecule has 2 fully saturated rings. The molecule has 2 atom stereocenters.